The van der Waals surface area contributed by atoms with Crippen molar-refractivity contribution in [1.29, 1.82) is 0 Å². The standard InChI is InChI=1S/C32H50O2/c1-20-12-15-29(6)18-19-31(8)23(27(29)21(20)2)10-11-25-30(7)16-14-26(34-22(3)33)28(4,5)24(30)13-17-32(25,31)9/h10,13,20-21,25-27H,11-12,14-19H2,1-9H3. The molecule has 0 saturated heterocycles. The third-order valence-corrected chi connectivity index (χ3v) is 13.0. The SMILES string of the molecule is CC(=O)OC1CCC2(C)C(=CCC3(C)C2CC=C2C4C(C)C(C)CCC4(C)CCC23C)C1(C)C. The van der Waals surface area contributed by atoms with Crippen LogP contribution in [0.3, 0.4) is 0 Å². The van der Waals surface area contributed by atoms with Gasteiger partial charge in [-0.1, -0.05) is 78.7 Å². The predicted molar refractivity (Wildman–Crippen MR) is 140 cm³/mol. The minimum absolute atomic E-state index is 0.000995. The van der Waals surface area contributed by atoms with Gasteiger partial charge in [0.05, 0.1) is 0 Å². The number of esters is 1. The summed E-state index contributed by atoms with van der Waals surface area (Å²) >= 11 is 0. The summed E-state index contributed by atoms with van der Waals surface area (Å²) in [5.41, 5.74) is 4.57. The van der Waals surface area contributed by atoms with Crippen LogP contribution in [-0.2, 0) is 9.53 Å². The number of carbonyl (C=O) groups is 1. The molecule has 9 atom stereocenters. The third kappa shape index (κ3) is 3.02. The second-order valence-corrected chi connectivity index (χ2v) is 14.8. The second kappa shape index (κ2) is 7.48. The van der Waals surface area contributed by atoms with E-state index in [9.17, 15) is 4.79 Å². The van der Waals surface area contributed by atoms with Crippen LogP contribution < -0.4 is 0 Å². The van der Waals surface area contributed by atoms with Crippen molar-refractivity contribution in [2.45, 2.75) is 120 Å². The molecule has 0 aromatic heterocycles. The highest BCUT2D eigenvalue weighted by Gasteiger charge is 2.66. The number of hydrogen-bond acceptors (Lipinski definition) is 2. The lowest BCUT2D eigenvalue weighted by molar-refractivity contribution is -0.159. The first-order chi connectivity index (χ1) is 15.7. The average molecular weight is 467 g/mol. The van der Waals surface area contributed by atoms with E-state index in [-0.39, 0.29) is 28.3 Å². The largest absolute Gasteiger partial charge is 0.462 e. The van der Waals surface area contributed by atoms with E-state index in [0.29, 0.717) is 16.7 Å². The molecule has 2 nitrogen and oxygen atoms in total. The molecule has 2 heteroatoms. The van der Waals surface area contributed by atoms with Crippen molar-refractivity contribution in [3.8, 4) is 0 Å². The van der Waals surface area contributed by atoms with Crippen molar-refractivity contribution >= 4 is 5.97 Å². The van der Waals surface area contributed by atoms with Crippen molar-refractivity contribution in [3.05, 3.63) is 23.3 Å². The lowest BCUT2D eigenvalue weighted by atomic mass is 9.35. The molecule has 5 rings (SSSR count). The average Bonchev–Trinajstić information content (AvgIpc) is 2.74. The molecule has 3 saturated carbocycles. The summed E-state index contributed by atoms with van der Waals surface area (Å²) in [6, 6.07) is 0. The molecule has 0 aliphatic heterocycles. The summed E-state index contributed by atoms with van der Waals surface area (Å²) in [5, 5.41) is 0. The van der Waals surface area contributed by atoms with E-state index >= 15 is 0 Å². The minimum atomic E-state index is -0.137. The molecule has 5 aliphatic rings. The zero-order valence-corrected chi connectivity index (χ0v) is 23.5. The second-order valence-electron chi connectivity index (χ2n) is 14.8. The summed E-state index contributed by atoms with van der Waals surface area (Å²) in [6.45, 7) is 21.8. The molecule has 0 N–H and O–H groups in total. The quantitative estimate of drug-likeness (QED) is 0.286. The first-order valence-corrected chi connectivity index (χ1v) is 14.3. The molecule has 0 radical (unpaired) electrons. The fourth-order valence-corrected chi connectivity index (χ4v) is 10.5. The molecule has 5 aliphatic carbocycles. The Morgan fingerprint density at radius 2 is 1.65 bits per heavy atom. The molecule has 0 amide bonds. The lowest BCUT2D eigenvalue weighted by Crippen LogP contribution is -2.61. The van der Waals surface area contributed by atoms with Gasteiger partial charge in [0.1, 0.15) is 6.10 Å². The van der Waals surface area contributed by atoms with Crippen molar-refractivity contribution in [2.75, 3.05) is 0 Å². The van der Waals surface area contributed by atoms with Gasteiger partial charge in [0, 0.05) is 12.3 Å². The molecule has 34 heavy (non-hydrogen) atoms. The van der Waals surface area contributed by atoms with Gasteiger partial charge >= 0.3 is 5.97 Å². The summed E-state index contributed by atoms with van der Waals surface area (Å²) in [5.74, 6) is 2.89. The summed E-state index contributed by atoms with van der Waals surface area (Å²) < 4.78 is 5.87. The highest BCUT2D eigenvalue weighted by Crippen LogP contribution is 2.74. The van der Waals surface area contributed by atoms with Gasteiger partial charge in [-0.3, -0.25) is 4.79 Å². The van der Waals surface area contributed by atoms with Gasteiger partial charge in [0.2, 0.25) is 0 Å². The van der Waals surface area contributed by atoms with E-state index in [4.69, 9.17) is 4.74 Å². The van der Waals surface area contributed by atoms with E-state index in [1.165, 1.54) is 38.5 Å². The normalized spacial score (nSPS) is 51.6. The maximum absolute atomic E-state index is 11.9. The van der Waals surface area contributed by atoms with Crippen LogP contribution >= 0.6 is 0 Å². The van der Waals surface area contributed by atoms with Crippen LogP contribution in [0, 0.1) is 50.7 Å². The van der Waals surface area contributed by atoms with Crippen molar-refractivity contribution < 1.29 is 9.53 Å². The van der Waals surface area contributed by atoms with E-state index in [1.807, 2.05) is 5.57 Å². The summed E-state index contributed by atoms with van der Waals surface area (Å²) in [6.07, 6.45) is 15.4. The lowest BCUT2D eigenvalue weighted by Gasteiger charge is -2.69. The highest BCUT2D eigenvalue weighted by molar-refractivity contribution is 5.66. The zero-order chi connectivity index (χ0) is 24.9. The first kappa shape index (κ1) is 24.6. The van der Waals surface area contributed by atoms with Gasteiger partial charge in [0.25, 0.3) is 0 Å². The number of allylic oxidation sites excluding steroid dienone is 3. The number of carbonyl (C=O) groups excluding carboxylic acids is 1. The molecule has 0 spiro atoms. The fraction of sp³-hybridized carbons (Fsp3) is 0.844. The Bertz CT molecular complexity index is 941. The van der Waals surface area contributed by atoms with E-state index in [1.54, 1.807) is 12.5 Å². The van der Waals surface area contributed by atoms with Gasteiger partial charge in [-0.05, 0) is 96.7 Å². The van der Waals surface area contributed by atoms with Crippen LogP contribution in [0.15, 0.2) is 23.3 Å². The van der Waals surface area contributed by atoms with Gasteiger partial charge in [0.15, 0.2) is 0 Å². The summed E-state index contributed by atoms with van der Waals surface area (Å²) in [7, 11) is 0. The summed E-state index contributed by atoms with van der Waals surface area (Å²) in [4.78, 5) is 11.9. The van der Waals surface area contributed by atoms with Crippen LogP contribution in [0.4, 0.5) is 0 Å². The Hall–Kier alpha value is -1.05. The maximum atomic E-state index is 11.9. The Morgan fingerprint density at radius 3 is 2.32 bits per heavy atom. The molecular formula is C32H50O2. The molecule has 9 unspecified atom stereocenters. The molecule has 0 aromatic carbocycles. The van der Waals surface area contributed by atoms with Gasteiger partial charge in [-0.2, -0.15) is 0 Å². The highest BCUT2D eigenvalue weighted by atomic mass is 16.5. The van der Waals surface area contributed by atoms with Crippen molar-refractivity contribution in [3.63, 3.8) is 0 Å². The van der Waals surface area contributed by atoms with E-state index < -0.39 is 0 Å². The zero-order valence-electron chi connectivity index (χ0n) is 23.5. The fourth-order valence-electron chi connectivity index (χ4n) is 10.5. The molecule has 0 bridgehead atoms. The Labute approximate surface area is 209 Å². The smallest absolute Gasteiger partial charge is 0.302 e. The van der Waals surface area contributed by atoms with Gasteiger partial charge in [-0.15, -0.1) is 0 Å². The number of hydrogen-bond donors (Lipinski definition) is 0. The number of ether oxygens (including phenoxy) is 1. The third-order valence-electron chi connectivity index (χ3n) is 13.0. The maximum Gasteiger partial charge on any atom is 0.302 e. The van der Waals surface area contributed by atoms with E-state index in [0.717, 1.165) is 30.6 Å². The van der Waals surface area contributed by atoms with Crippen LogP contribution in [-0.4, -0.2) is 12.1 Å². The monoisotopic (exact) mass is 466 g/mol. The van der Waals surface area contributed by atoms with E-state index in [2.05, 4.69) is 67.5 Å². The first-order valence-electron chi connectivity index (χ1n) is 14.3. The van der Waals surface area contributed by atoms with Crippen molar-refractivity contribution in [1.82, 2.24) is 0 Å². The van der Waals surface area contributed by atoms with Crippen LogP contribution in [0.1, 0.15) is 114 Å². The Morgan fingerprint density at radius 1 is 0.941 bits per heavy atom. The molecule has 0 heterocycles. The van der Waals surface area contributed by atoms with Crippen molar-refractivity contribution in [2.24, 2.45) is 50.7 Å². The molecule has 3 fully saturated rings. The van der Waals surface area contributed by atoms with Gasteiger partial charge < -0.3 is 4.74 Å². The predicted octanol–water partition coefficient (Wildman–Crippen LogP) is 8.52. The Kier molecular flexibility index (Phi) is 5.42. The number of rotatable bonds is 1. The topological polar surface area (TPSA) is 26.3 Å². The Balaban J connectivity index is 1.57. The van der Waals surface area contributed by atoms with Crippen LogP contribution in [0.5, 0.6) is 0 Å². The van der Waals surface area contributed by atoms with Crippen LogP contribution in [0.25, 0.3) is 0 Å². The number of fused-ring (bicyclic) bond motifs is 7. The molecule has 190 valence electrons. The molecule has 0 aromatic rings. The minimum Gasteiger partial charge on any atom is -0.462 e. The van der Waals surface area contributed by atoms with Crippen LogP contribution in [0.2, 0.25) is 0 Å². The van der Waals surface area contributed by atoms with Gasteiger partial charge in [-0.25, -0.2) is 0 Å². The molecular weight excluding hydrogens is 416 g/mol.